The summed E-state index contributed by atoms with van der Waals surface area (Å²) in [7, 11) is 3.34. The molecular weight excluding hydrogens is 238 g/mol. The molecule has 1 aromatic carbocycles. The van der Waals surface area contributed by atoms with Crippen LogP contribution in [0.3, 0.4) is 0 Å². The lowest BCUT2D eigenvalue weighted by atomic mass is 9.82. The van der Waals surface area contributed by atoms with Crippen molar-refractivity contribution in [3.8, 4) is 11.5 Å². The first-order valence-corrected chi connectivity index (χ1v) is 6.85. The van der Waals surface area contributed by atoms with Crippen molar-refractivity contribution >= 4 is 0 Å². The molecule has 0 heterocycles. The summed E-state index contributed by atoms with van der Waals surface area (Å²) in [4.78, 5) is 0. The van der Waals surface area contributed by atoms with Crippen molar-refractivity contribution in [1.82, 2.24) is 0 Å². The second kappa shape index (κ2) is 6.80. The predicted octanol–water partition coefficient (Wildman–Crippen LogP) is 3.32. The van der Waals surface area contributed by atoms with Gasteiger partial charge >= 0.3 is 0 Å². The van der Waals surface area contributed by atoms with E-state index in [1.165, 1.54) is 11.1 Å². The second-order valence-electron chi connectivity index (χ2n) is 5.84. The average molecular weight is 265 g/mol. The lowest BCUT2D eigenvalue weighted by Gasteiger charge is -2.24. The molecule has 3 nitrogen and oxygen atoms in total. The quantitative estimate of drug-likeness (QED) is 0.822. The summed E-state index contributed by atoms with van der Waals surface area (Å²) < 4.78 is 10.7. The number of hydrogen-bond acceptors (Lipinski definition) is 3. The van der Waals surface area contributed by atoms with Crippen LogP contribution in [-0.4, -0.2) is 20.8 Å². The minimum atomic E-state index is 0.286. The number of rotatable bonds is 7. The highest BCUT2D eigenvalue weighted by Crippen LogP contribution is 2.33. The fraction of sp³-hybridized carbons (Fsp3) is 0.625. The van der Waals surface area contributed by atoms with Crippen LogP contribution < -0.4 is 15.2 Å². The molecule has 2 N–H and O–H groups in total. The van der Waals surface area contributed by atoms with Gasteiger partial charge in [0.15, 0.2) is 11.5 Å². The monoisotopic (exact) mass is 265 g/mol. The Bertz CT molecular complexity index is 413. The molecule has 0 bridgehead atoms. The van der Waals surface area contributed by atoms with Crippen LogP contribution >= 0.6 is 0 Å². The van der Waals surface area contributed by atoms with Crippen LogP contribution in [0.15, 0.2) is 12.1 Å². The molecule has 0 atom stereocenters. The molecule has 0 fully saturated rings. The zero-order valence-corrected chi connectivity index (χ0v) is 12.9. The Hall–Kier alpha value is -1.22. The number of methoxy groups -OCH3 is 2. The molecule has 3 heteroatoms. The van der Waals surface area contributed by atoms with Crippen LogP contribution in [0.4, 0.5) is 0 Å². The second-order valence-corrected chi connectivity index (χ2v) is 5.84. The molecule has 108 valence electrons. The van der Waals surface area contributed by atoms with E-state index in [-0.39, 0.29) is 5.41 Å². The Kier molecular flexibility index (Phi) is 5.67. The molecule has 0 aliphatic carbocycles. The van der Waals surface area contributed by atoms with E-state index in [2.05, 4.69) is 26.8 Å². The molecule has 0 saturated carbocycles. The van der Waals surface area contributed by atoms with Crippen LogP contribution in [0.5, 0.6) is 11.5 Å². The highest BCUT2D eigenvalue weighted by molar-refractivity contribution is 5.47. The molecule has 1 rings (SSSR count). The van der Waals surface area contributed by atoms with Gasteiger partial charge in [0.1, 0.15) is 0 Å². The highest BCUT2D eigenvalue weighted by atomic mass is 16.5. The first kappa shape index (κ1) is 15.8. The van der Waals surface area contributed by atoms with Crippen molar-refractivity contribution in [2.24, 2.45) is 11.1 Å². The van der Waals surface area contributed by atoms with Gasteiger partial charge in [-0.05, 0) is 61.4 Å². The first-order valence-electron chi connectivity index (χ1n) is 6.85. The third kappa shape index (κ3) is 4.43. The highest BCUT2D eigenvalue weighted by Gasteiger charge is 2.18. The largest absolute Gasteiger partial charge is 0.493 e. The molecule has 0 aromatic heterocycles. The molecule has 0 spiro atoms. The van der Waals surface area contributed by atoms with E-state index in [1.807, 2.05) is 6.07 Å². The van der Waals surface area contributed by atoms with E-state index in [9.17, 15) is 0 Å². The Morgan fingerprint density at radius 3 is 2.16 bits per heavy atom. The van der Waals surface area contributed by atoms with E-state index in [4.69, 9.17) is 15.2 Å². The Balaban J connectivity index is 2.84. The van der Waals surface area contributed by atoms with Gasteiger partial charge < -0.3 is 15.2 Å². The van der Waals surface area contributed by atoms with Gasteiger partial charge in [0.2, 0.25) is 0 Å². The SMILES string of the molecule is COc1cc(C)c(CCC(C)(C)CCN)cc1OC. The lowest BCUT2D eigenvalue weighted by Crippen LogP contribution is -2.18. The summed E-state index contributed by atoms with van der Waals surface area (Å²) in [6.45, 7) is 7.41. The van der Waals surface area contributed by atoms with Crippen molar-refractivity contribution in [2.75, 3.05) is 20.8 Å². The molecule has 0 radical (unpaired) electrons. The van der Waals surface area contributed by atoms with E-state index in [0.717, 1.165) is 37.3 Å². The van der Waals surface area contributed by atoms with Gasteiger partial charge in [-0.3, -0.25) is 0 Å². The van der Waals surface area contributed by atoms with Crippen molar-refractivity contribution < 1.29 is 9.47 Å². The lowest BCUT2D eigenvalue weighted by molar-refractivity contribution is 0.312. The van der Waals surface area contributed by atoms with Crippen molar-refractivity contribution in [3.05, 3.63) is 23.3 Å². The van der Waals surface area contributed by atoms with Crippen LogP contribution in [-0.2, 0) is 6.42 Å². The van der Waals surface area contributed by atoms with E-state index < -0.39 is 0 Å². The minimum absolute atomic E-state index is 0.286. The molecule has 0 unspecified atom stereocenters. The van der Waals surface area contributed by atoms with Crippen molar-refractivity contribution in [3.63, 3.8) is 0 Å². The van der Waals surface area contributed by atoms with Crippen molar-refractivity contribution in [1.29, 1.82) is 0 Å². The fourth-order valence-electron chi connectivity index (χ4n) is 2.28. The van der Waals surface area contributed by atoms with Crippen LogP contribution in [0.2, 0.25) is 0 Å². The van der Waals surface area contributed by atoms with Gasteiger partial charge in [-0.1, -0.05) is 13.8 Å². The number of hydrogen-bond donors (Lipinski definition) is 1. The summed E-state index contributed by atoms with van der Waals surface area (Å²) in [5.74, 6) is 1.60. The van der Waals surface area contributed by atoms with Crippen LogP contribution in [0, 0.1) is 12.3 Å². The molecule has 0 aliphatic heterocycles. The molecular formula is C16H27NO2. The van der Waals surface area contributed by atoms with E-state index in [0.29, 0.717) is 0 Å². The summed E-state index contributed by atoms with van der Waals surface area (Å²) in [5, 5.41) is 0. The van der Waals surface area contributed by atoms with Gasteiger partial charge in [-0.15, -0.1) is 0 Å². The number of benzene rings is 1. The van der Waals surface area contributed by atoms with Crippen molar-refractivity contribution in [2.45, 2.75) is 40.0 Å². The number of nitrogens with two attached hydrogens (primary N) is 1. The predicted molar refractivity (Wildman–Crippen MR) is 80.1 cm³/mol. The summed E-state index contributed by atoms with van der Waals surface area (Å²) in [6.07, 6.45) is 3.22. The summed E-state index contributed by atoms with van der Waals surface area (Å²) >= 11 is 0. The molecule has 0 saturated heterocycles. The van der Waals surface area contributed by atoms with Gasteiger partial charge in [0.25, 0.3) is 0 Å². The van der Waals surface area contributed by atoms with E-state index >= 15 is 0 Å². The Morgan fingerprint density at radius 1 is 1.05 bits per heavy atom. The molecule has 1 aromatic rings. The first-order chi connectivity index (χ1) is 8.93. The zero-order valence-electron chi connectivity index (χ0n) is 12.9. The Labute approximate surface area is 117 Å². The minimum Gasteiger partial charge on any atom is -0.493 e. The maximum Gasteiger partial charge on any atom is 0.161 e. The number of aryl methyl sites for hydroxylation is 2. The van der Waals surface area contributed by atoms with Gasteiger partial charge in [-0.25, -0.2) is 0 Å². The third-order valence-corrected chi connectivity index (χ3v) is 3.73. The van der Waals surface area contributed by atoms with E-state index in [1.54, 1.807) is 14.2 Å². The standard InChI is InChI=1S/C16H27NO2/c1-12-10-14(18-4)15(19-5)11-13(12)6-7-16(2,3)8-9-17/h10-11H,6-9,17H2,1-5H3. The smallest absolute Gasteiger partial charge is 0.161 e. The maximum absolute atomic E-state index is 5.66. The number of ether oxygens (including phenoxy) is 2. The van der Waals surface area contributed by atoms with Gasteiger partial charge in [-0.2, -0.15) is 0 Å². The molecule has 19 heavy (non-hydrogen) atoms. The van der Waals surface area contributed by atoms with Gasteiger partial charge in [0.05, 0.1) is 14.2 Å². The van der Waals surface area contributed by atoms with Gasteiger partial charge in [0, 0.05) is 0 Å². The van der Waals surface area contributed by atoms with Crippen LogP contribution in [0.25, 0.3) is 0 Å². The normalized spacial score (nSPS) is 11.5. The zero-order chi connectivity index (χ0) is 14.5. The summed E-state index contributed by atoms with van der Waals surface area (Å²) in [6, 6.07) is 4.14. The molecule has 0 aliphatic rings. The fourth-order valence-corrected chi connectivity index (χ4v) is 2.28. The average Bonchev–Trinajstić information content (AvgIpc) is 2.36. The summed E-state index contributed by atoms with van der Waals surface area (Å²) in [5.41, 5.74) is 8.52. The third-order valence-electron chi connectivity index (χ3n) is 3.73. The Morgan fingerprint density at radius 2 is 1.63 bits per heavy atom. The van der Waals surface area contributed by atoms with Crippen LogP contribution in [0.1, 0.15) is 37.8 Å². The maximum atomic E-state index is 5.66. The topological polar surface area (TPSA) is 44.5 Å². The molecule has 0 amide bonds.